The van der Waals surface area contributed by atoms with Crippen LogP contribution < -0.4 is 5.01 Å². The van der Waals surface area contributed by atoms with Gasteiger partial charge in [-0.1, -0.05) is 6.58 Å². The third kappa shape index (κ3) is 3.23. The summed E-state index contributed by atoms with van der Waals surface area (Å²) in [6, 6.07) is 5.84. The molecule has 6 nitrogen and oxygen atoms in total. The molecule has 6 heteroatoms. The summed E-state index contributed by atoms with van der Waals surface area (Å²) in [7, 11) is 1.63. The number of nitro groups is 1. The van der Waals surface area contributed by atoms with Crippen molar-refractivity contribution in [3.8, 4) is 0 Å². The van der Waals surface area contributed by atoms with Gasteiger partial charge in [0.2, 0.25) is 0 Å². The highest BCUT2D eigenvalue weighted by Crippen LogP contribution is 2.18. The zero-order chi connectivity index (χ0) is 12.8. The average molecular weight is 233 g/mol. The number of hydrogen-bond acceptors (Lipinski definition) is 5. The van der Waals surface area contributed by atoms with Crippen molar-refractivity contribution in [2.24, 2.45) is 5.10 Å². The van der Waals surface area contributed by atoms with Crippen LogP contribution >= 0.6 is 0 Å². The first-order valence-electron chi connectivity index (χ1n) is 4.73. The van der Waals surface area contributed by atoms with Gasteiger partial charge in [0, 0.05) is 19.2 Å². The van der Waals surface area contributed by atoms with Gasteiger partial charge in [0.05, 0.1) is 10.6 Å². The second-order valence-electron chi connectivity index (χ2n) is 3.14. The molecule has 0 spiro atoms. The zero-order valence-electron chi connectivity index (χ0n) is 9.24. The number of hydrazone groups is 1. The minimum atomic E-state index is -0.479. The van der Waals surface area contributed by atoms with E-state index in [4.69, 9.17) is 0 Å². The van der Waals surface area contributed by atoms with Gasteiger partial charge < -0.3 is 0 Å². The first kappa shape index (κ1) is 12.6. The summed E-state index contributed by atoms with van der Waals surface area (Å²) >= 11 is 0. The van der Waals surface area contributed by atoms with Crippen molar-refractivity contribution in [2.45, 2.75) is 0 Å². The van der Waals surface area contributed by atoms with E-state index in [1.807, 2.05) is 0 Å². The van der Waals surface area contributed by atoms with Gasteiger partial charge in [0.1, 0.15) is 5.71 Å². The molecule has 0 radical (unpaired) electrons. The maximum absolute atomic E-state index is 10.5. The highest BCUT2D eigenvalue weighted by molar-refractivity contribution is 6.33. The van der Waals surface area contributed by atoms with Gasteiger partial charge in [-0.05, 0) is 18.2 Å². The van der Waals surface area contributed by atoms with Crippen LogP contribution in [0.5, 0.6) is 0 Å². The number of nitrogens with zero attached hydrogens (tertiary/aromatic N) is 3. The molecule has 0 aliphatic rings. The topological polar surface area (TPSA) is 75.8 Å². The second kappa shape index (κ2) is 5.55. The van der Waals surface area contributed by atoms with Gasteiger partial charge in [0.25, 0.3) is 5.69 Å². The summed E-state index contributed by atoms with van der Waals surface area (Å²) in [5, 5.41) is 15.8. The van der Waals surface area contributed by atoms with Crippen LogP contribution in [0.2, 0.25) is 0 Å². The summed E-state index contributed by atoms with van der Waals surface area (Å²) in [5.74, 6) is 0. The number of hydrogen-bond donors (Lipinski definition) is 0. The molecule has 0 saturated carbocycles. The fourth-order valence-electron chi connectivity index (χ4n) is 1.13. The van der Waals surface area contributed by atoms with Crippen LogP contribution in [0.1, 0.15) is 0 Å². The number of allylic oxidation sites excluding steroid dienone is 1. The lowest BCUT2D eigenvalue weighted by Gasteiger charge is -2.12. The molecule has 0 N–H and O–H groups in total. The molecule has 0 saturated heterocycles. The van der Waals surface area contributed by atoms with Gasteiger partial charge >= 0.3 is 0 Å². The molecule has 0 heterocycles. The molecule has 1 rings (SSSR count). The molecule has 0 aromatic heterocycles. The van der Waals surface area contributed by atoms with Crippen molar-refractivity contribution in [3.63, 3.8) is 0 Å². The SMILES string of the molecule is C=C/C(C=O)=N\N(C)c1ccc([N+](=O)[O-])cc1. The quantitative estimate of drug-likeness (QED) is 0.336. The Hall–Kier alpha value is -2.50. The molecule has 17 heavy (non-hydrogen) atoms. The molecule has 0 bridgehead atoms. The first-order valence-corrected chi connectivity index (χ1v) is 4.73. The molecular weight excluding hydrogens is 222 g/mol. The molecule has 0 unspecified atom stereocenters. The Bertz CT molecular complexity index is 455. The van der Waals surface area contributed by atoms with E-state index in [9.17, 15) is 14.9 Å². The van der Waals surface area contributed by atoms with Crippen LogP contribution in [0.3, 0.4) is 0 Å². The van der Waals surface area contributed by atoms with E-state index < -0.39 is 4.92 Å². The standard InChI is InChI=1S/C11H11N3O3/c1-3-9(8-15)12-13(2)10-4-6-11(7-5-10)14(16)17/h3-8H,1H2,2H3/b12-9+. The van der Waals surface area contributed by atoms with Crippen molar-refractivity contribution in [1.29, 1.82) is 0 Å². The minimum Gasteiger partial charge on any atom is -0.296 e. The number of nitro benzene ring substituents is 1. The lowest BCUT2D eigenvalue weighted by Crippen LogP contribution is -2.12. The van der Waals surface area contributed by atoms with Crippen LogP contribution in [0.4, 0.5) is 11.4 Å². The fourth-order valence-corrected chi connectivity index (χ4v) is 1.13. The molecule has 0 aliphatic carbocycles. The third-order valence-electron chi connectivity index (χ3n) is 2.03. The average Bonchev–Trinajstić information content (AvgIpc) is 2.35. The van der Waals surface area contributed by atoms with Crippen LogP contribution in [0, 0.1) is 10.1 Å². The molecule has 0 atom stereocenters. The Morgan fingerprint density at radius 1 is 1.47 bits per heavy atom. The third-order valence-corrected chi connectivity index (χ3v) is 2.03. The maximum atomic E-state index is 10.5. The normalized spacial score (nSPS) is 10.8. The largest absolute Gasteiger partial charge is 0.296 e. The van der Waals surface area contributed by atoms with E-state index in [1.165, 1.54) is 23.2 Å². The molecule has 0 fully saturated rings. The van der Waals surface area contributed by atoms with Crippen molar-refractivity contribution in [2.75, 3.05) is 12.1 Å². The minimum absolute atomic E-state index is 0.00506. The lowest BCUT2D eigenvalue weighted by molar-refractivity contribution is -0.384. The van der Waals surface area contributed by atoms with Crippen LogP contribution in [-0.2, 0) is 4.79 Å². The summed E-state index contributed by atoms with van der Waals surface area (Å²) in [4.78, 5) is 20.5. The molecule has 88 valence electrons. The van der Waals surface area contributed by atoms with Crippen LogP contribution in [0.25, 0.3) is 0 Å². The van der Waals surface area contributed by atoms with E-state index in [1.54, 1.807) is 19.2 Å². The Kier molecular flexibility index (Phi) is 4.10. The van der Waals surface area contributed by atoms with Gasteiger partial charge in [-0.15, -0.1) is 0 Å². The van der Waals surface area contributed by atoms with Crippen molar-refractivity contribution >= 4 is 23.4 Å². The van der Waals surface area contributed by atoms with Crippen LogP contribution in [-0.4, -0.2) is 24.0 Å². The highest BCUT2D eigenvalue weighted by Gasteiger charge is 2.06. The summed E-state index contributed by atoms with van der Waals surface area (Å²) in [5.41, 5.74) is 0.827. The van der Waals surface area contributed by atoms with Crippen molar-refractivity contribution in [1.82, 2.24) is 0 Å². The van der Waals surface area contributed by atoms with Crippen LogP contribution in [0.15, 0.2) is 42.0 Å². The predicted molar refractivity (Wildman–Crippen MR) is 65.2 cm³/mol. The van der Waals surface area contributed by atoms with Crippen molar-refractivity contribution < 1.29 is 9.72 Å². The smallest absolute Gasteiger partial charge is 0.269 e. The van der Waals surface area contributed by atoms with Gasteiger partial charge in [-0.25, -0.2) is 0 Å². The summed E-state index contributed by atoms with van der Waals surface area (Å²) < 4.78 is 0. The zero-order valence-corrected chi connectivity index (χ0v) is 9.24. The molecular formula is C11H11N3O3. The number of carbonyl (C=O) groups excluding carboxylic acids is 1. The van der Waals surface area contributed by atoms with E-state index in [-0.39, 0.29) is 11.4 Å². The Morgan fingerprint density at radius 2 is 2.06 bits per heavy atom. The van der Waals surface area contributed by atoms with E-state index in [2.05, 4.69) is 11.7 Å². The first-order chi connectivity index (χ1) is 8.08. The molecule has 1 aromatic rings. The second-order valence-corrected chi connectivity index (χ2v) is 3.14. The number of benzene rings is 1. The van der Waals surface area contributed by atoms with Gasteiger partial charge in [-0.2, -0.15) is 5.10 Å². The Balaban J connectivity index is 2.93. The highest BCUT2D eigenvalue weighted by atomic mass is 16.6. The van der Waals surface area contributed by atoms with E-state index in [0.29, 0.717) is 12.0 Å². The number of rotatable bonds is 5. The summed E-state index contributed by atoms with van der Waals surface area (Å²) in [6.45, 7) is 3.44. The summed E-state index contributed by atoms with van der Waals surface area (Å²) in [6.07, 6.45) is 1.91. The van der Waals surface area contributed by atoms with Gasteiger partial charge in [-0.3, -0.25) is 19.9 Å². The van der Waals surface area contributed by atoms with E-state index >= 15 is 0 Å². The van der Waals surface area contributed by atoms with Gasteiger partial charge in [0.15, 0.2) is 6.29 Å². The number of non-ortho nitro benzene ring substituents is 1. The Labute approximate surface area is 98.0 Å². The van der Waals surface area contributed by atoms with Crippen molar-refractivity contribution in [3.05, 3.63) is 47.0 Å². The Morgan fingerprint density at radius 3 is 2.47 bits per heavy atom. The molecule has 0 aliphatic heterocycles. The van der Waals surface area contributed by atoms with E-state index in [0.717, 1.165) is 0 Å². The lowest BCUT2D eigenvalue weighted by atomic mass is 10.3. The number of aldehydes is 1. The number of carbonyl (C=O) groups is 1. The monoisotopic (exact) mass is 233 g/mol. The molecule has 1 aromatic carbocycles. The number of anilines is 1. The molecule has 0 amide bonds. The predicted octanol–water partition coefficient (Wildman–Crippen LogP) is 1.77. The maximum Gasteiger partial charge on any atom is 0.269 e. The fraction of sp³-hybridized carbons (Fsp3) is 0.0909.